The summed E-state index contributed by atoms with van der Waals surface area (Å²) in [6.07, 6.45) is 5.00. The molecule has 1 saturated carbocycles. The normalized spacial score (nSPS) is 23.1. The van der Waals surface area contributed by atoms with E-state index < -0.39 is 5.97 Å². The van der Waals surface area contributed by atoms with Gasteiger partial charge < -0.3 is 5.11 Å². The van der Waals surface area contributed by atoms with Crippen molar-refractivity contribution in [1.82, 2.24) is 15.0 Å². The van der Waals surface area contributed by atoms with Crippen LogP contribution in [0.2, 0.25) is 0 Å². The summed E-state index contributed by atoms with van der Waals surface area (Å²) in [5.74, 6) is 0.311. The van der Waals surface area contributed by atoms with Gasteiger partial charge in [-0.15, -0.1) is 5.10 Å². The van der Waals surface area contributed by atoms with Crippen molar-refractivity contribution < 1.29 is 9.90 Å². The molecule has 2 unspecified atom stereocenters. The molecule has 0 radical (unpaired) electrons. The number of benzene rings is 1. The number of hydrogen-bond donors (Lipinski definition) is 1. The van der Waals surface area contributed by atoms with Crippen molar-refractivity contribution in [3.63, 3.8) is 0 Å². The largest absolute Gasteiger partial charge is 0.478 e. The second-order valence-corrected chi connectivity index (χ2v) is 5.77. The van der Waals surface area contributed by atoms with Crippen LogP contribution in [0.15, 0.2) is 18.2 Å². The molecular formula is C15H19N3O2. The molecule has 2 atom stereocenters. The zero-order valence-electron chi connectivity index (χ0n) is 11.6. The molecule has 1 aromatic carbocycles. The van der Waals surface area contributed by atoms with E-state index in [2.05, 4.69) is 17.2 Å². The Morgan fingerprint density at radius 2 is 2.20 bits per heavy atom. The third kappa shape index (κ3) is 2.28. The van der Waals surface area contributed by atoms with Crippen LogP contribution in [0.25, 0.3) is 11.0 Å². The maximum absolute atomic E-state index is 11.4. The summed E-state index contributed by atoms with van der Waals surface area (Å²) in [4.78, 5) is 11.4. The molecule has 1 aliphatic rings. The Kier molecular flexibility index (Phi) is 3.42. The highest BCUT2D eigenvalue weighted by molar-refractivity contribution is 6.00. The van der Waals surface area contributed by atoms with E-state index in [9.17, 15) is 9.90 Å². The van der Waals surface area contributed by atoms with Gasteiger partial charge in [0.05, 0.1) is 5.56 Å². The number of rotatable bonds is 3. The van der Waals surface area contributed by atoms with Gasteiger partial charge in [-0.2, -0.15) is 0 Å². The van der Waals surface area contributed by atoms with Gasteiger partial charge >= 0.3 is 5.97 Å². The number of hydrogen-bond acceptors (Lipinski definition) is 3. The summed E-state index contributed by atoms with van der Waals surface area (Å²) in [5, 5.41) is 17.6. The number of aromatic carboxylic acids is 1. The van der Waals surface area contributed by atoms with Crippen LogP contribution in [0.3, 0.4) is 0 Å². The molecule has 1 heterocycles. The number of carboxylic acid groups (broad SMARTS) is 1. The lowest BCUT2D eigenvalue weighted by atomic mass is 9.80. The van der Waals surface area contributed by atoms with E-state index in [4.69, 9.17) is 0 Å². The highest BCUT2D eigenvalue weighted by Crippen LogP contribution is 2.31. The number of fused-ring (bicyclic) bond motifs is 1. The number of para-hydroxylation sites is 1. The van der Waals surface area contributed by atoms with Crippen molar-refractivity contribution in [2.45, 2.75) is 39.2 Å². The predicted molar refractivity (Wildman–Crippen MR) is 75.6 cm³/mol. The van der Waals surface area contributed by atoms with Gasteiger partial charge in [0.2, 0.25) is 0 Å². The number of carboxylic acids is 1. The summed E-state index contributed by atoms with van der Waals surface area (Å²) >= 11 is 0. The van der Waals surface area contributed by atoms with Gasteiger partial charge in [0, 0.05) is 6.54 Å². The Bertz CT molecular complexity index is 635. The van der Waals surface area contributed by atoms with Crippen molar-refractivity contribution in [3.8, 4) is 0 Å². The molecule has 5 heteroatoms. The molecule has 1 aromatic heterocycles. The second-order valence-electron chi connectivity index (χ2n) is 5.77. The summed E-state index contributed by atoms with van der Waals surface area (Å²) in [6.45, 7) is 3.04. The standard InChI is InChI=1S/C15H19N3O2/c1-10-5-2-3-6-11(10)9-18-14-12(15(19)20)7-4-8-13(14)16-17-18/h4,7-8,10-11H,2-3,5-6,9H2,1H3,(H,19,20). The first-order chi connectivity index (χ1) is 9.66. The van der Waals surface area contributed by atoms with Crippen LogP contribution in [-0.2, 0) is 6.54 Å². The zero-order valence-corrected chi connectivity index (χ0v) is 11.6. The molecule has 3 rings (SSSR count). The average molecular weight is 273 g/mol. The average Bonchev–Trinajstić information content (AvgIpc) is 2.84. The summed E-state index contributed by atoms with van der Waals surface area (Å²) in [6, 6.07) is 5.15. The Balaban J connectivity index is 1.97. The van der Waals surface area contributed by atoms with Crippen LogP contribution >= 0.6 is 0 Å². The van der Waals surface area contributed by atoms with Gasteiger partial charge in [-0.25, -0.2) is 9.48 Å². The molecular weight excluding hydrogens is 254 g/mol. The Morgan fingerprint density at radius 1 is 1.40 bits per heavy atom. The van der Waals surface area contributed by atoms with E-state index in [-0.39, 0.29) is 5.56 Å². The molecule has 0 amide bonds. The molecule has 1 aliphatic carbocycles. The molecule has 0 spiro atoms. The van der Waals surface area contributed by atoms with Crippen molar-refractivity contribution in [1.29, 1.82) is 0 Å². The molecule has 20 heavy (non-hydrogen) atoms. The van der Waals surface area contributed by atoms with Crippen molar-refractivity contribution in [3.05, 3.63) is 23.8 Å². The maximum Gasteiger partial charge on any atom is 0.337 e. The third-order valence-electron chi connectivity index (χ3n) is 4.46. The third-order valence-corrected chi connectivity index (χ3v) is 4.46. The maximum atomic E-state index is 11.4. The summed E-state index contributed by atoms with van der Waals surface area (Å²) in [5.41, 5.74) is 1.60. The number of carbonyl (C=O) groups is 1. The van der Waals surface area contributed by atoms with Gasteiger partial charge in [0.25, 0.3) is 0 Å². The lowest BCUT2D eigenvalue weighted by molar-refractivity contribution is 0.0698. The fraction of sp³-hybridized carbons (Fsp3) is 0.533. The second kappa shape index (κ2) is 5.23. The Labute approximate surface area is 117 Å². The van der Waals surface area contributed by atoms with Crippen molar-refractivity contribution >= 4 is 17.0 Å². The Hall–Kier alpha value is -1.91. The summed E-state index contributed by atoms with van der Waals surface area (Å²) in [7, 11) is 0. The van der Waals surface area contributed by atoms with E-state index in [0.29, 0.717) is 22.9 Å². The van der Waals surface area contributed by atoms with Gasteiger partial charge in [0.1, 0.15) is 11.0 Å². The summed E-state index contributed by atoms with van der Waals surface area (Å²) < 4.78 is 1.78. The van der Waals surface area contributed by atoms with Crippen LogP contribution in [0.1, 0.15) is 43.0 Å². The number of nitrogens with zero attached hydrogens (tertiary/aromatic N) is 3. The highest BCUT2D eigenvalue weighted by atomic mass is 16.4. The molecule has 106 valence electrons. The minimum absolute atomic E-state index is 0.288. The highest BCUT2D eigenvalue weighted by Gasteiger charge is 2.24. The first kappa shape index (κ1) is 13.1. The van der Waals surface area contributed by atoms with E-state index in [1.807, 2.05) is 6.07 Å². The smallest absolute Gasteiger partial charge is 0.337 e. The zero-order chi connectivity index (χ0) is 14.1. The van der Waals surface area contributed by atoms with Crippen molar-refractivity contribution in [2.75, 3.05) is 0 Å². The predicted octanol–water partition coefficient (Wildman–Crippen LogP) is 2.96. The number of aromatic nitrogens is 3. The van der Waals surface area contributed by atoms with Gasteiger partial charge in [-0.05, 0) is 30.4 Å². The van der Waals surface area contributed by atoms with E-state index in [0.717, 1.165) is 6.54 Å². The van der Waals surface area contributed by atoms with Gasteiger partial charge in [-0.1, -0.05) is 37.5 Å². The first-order valence-corrected chi connectivity index (χ1v) is 7.22. The molecule has 5 nitrogen and oxygen atoms in total. The van der Waals surface area contributed by atoms with Crippen LogP contribution < -0.4 is 0 Å². The first-order valence-electron chi connectivity index (χ1n) is 7.22. The molecule has 0 saturated heterocycles. The van der Waals surface area contributed by atoms with E-state index >= 15 is 0 Å². The van der Waals surface area contributed by atoms with Crippen LogP contribution in [-0.4, -0.2) is 26.1 Å². The molecule has 0 aliphatic heterocycles. The van der Waals surface area contributed by atoms with Crippen molar-refractivity contribution in [2.24, 2.45) is 11.8 Å². The molecule has 1 N–H and O–H groups in total. The van der Waals surface area contributed by atoms with Gasteiger partial charge in [0.15, 0.2) is 0 Å². The van der Waals surface area contributed by atoms with Gasteiger partial charge in [-0.3, -0.25) is 0 Å². The monoisotopic (exact) mass is 273 g/mol. The SMILES string of the molecule is CC1CCCCC1Cn1nnc2cccc(C(=O)O)c21. The quantitative estimate of drug-likeness (QED) is 0.933. The lowest BCUT2D eigenvalue weighted by Crippen LogP contribution is -2.23. The van der Waals surface area contributed by atoms with E-state index in [1.54, 1.807) is 16.8 Å². The fourth-order valence-electron chi connectivity index (χ4n) is 3.22. The Morgan fingerprint density at radius 3 is 2.95 bits per heavy atom. The molecule has 0 bridgehead atoms. The lowest BCUT2D eigenvalue weighted by Gasteiger charge is -2.28. The van der Waals surface area contributed by atoms with Crippen LogP contribution in [0.4, 0.5) is 0 Å². The fourth-order valence-corrected chi connectivity index (χ4v) is 3.22. The van der Waals surface area contributed by atoms with Crippen LogP contribution in [0.5, 0.6) is 0 Å². The van der Waals surface area contributed by atoms with E-state index in [1.165, 1.54) is 25.7 Å². The minimum atomic E-state index is -0.921. The molecule has 1 fully saturated rings. The topological polar surface area (TPSA) is 68.0 Å². The minimum Gasteiger partial charge on any atom is -0.478 e. The van der Waals surface area contributed by atoms with Crippen LogP contribution in [0, 0.1) is 11.8 Å². The molecule has 2 aromatic rings.